The van der Waals surface area contributed by atoms with Gasteiger partial charge in [-0.25, -0.2) is 4.39 Å². The van der Waals surface area contributed by atoms with Crippen LogP contribution in [0.15, 0.2) is 52.2 Å². The molecule has 2 heterocycles. The smallest absolute Gasteiger partial charge is 0.250 e. The van der Waals surface area contributed by atoms with Gasteiger partial charge in [0, 0.05) is 38.0 Å². The lowest BCUT2D eigenvalue weighted by Crippen LogP contribution is -2.37. The molecule has 1 saturated carbocycles. The Labute approximate surface area is 211 Å². The quantitative estimate of drug-likeness (QED) is 0.275. The van der Waals surface area contributed by atoms with Gasteiger partial charge in [-0.2, -0.15) is 0 Å². The molecule has 2 N–H and O–H groups in total. The molecule has 9 heteroatoms. The highest BCUT2D eigenvalue weighted by atomic mass is 19.1. The second kappa shape index (κ2) is 12.6. The number of aryl methyl sites for hydroxylation is 1. The molecule has 2 aromatic heterocycles. The number of nitrogens with zero attached hydrogens (tertiary/aromatic N) is 3. The van der Waals surface area contributed by atoms with Gasteiger partial charge in [-0.3, -0.25) is 19.6 Å². The van der Waals surface area contributed by atoms with E-state index in [9.17, 15) is 14.0 Å². The topological polar surface area (TPSA) is 97.6 Å². The van der Waals surface area contributed by atoms with Crippen LogP contribution in [0.5, 0.6) is 0 Å². The van der Waals surface area contributed by atoms with E-state index in [0.29, 0.717) is 47.5 Å². The van der Waals surface area contributed by atoms with E-state index in [1.54, 1.807) is 19.3 Å². The molecule has 0 aromatic carbocycles. The van der Waals surface area contributed by atoms with Crippen molar-refractivity contribution in [1.82, 2.24) is 14.9 Å². The fourth-order valence-electron chi connectivity index (χ4n) is 4.27. The summed E-state index contributed by atoms with van der Waals surface area (Å²) in [4.78, 5) is 31.8. The van der Waals surface area contributed by atoms with E-state index in [-0.39, 0.29) is 17.9 Å². The van der Waals surface area contributed by atoms with Gasteiger partial charge in [-0.15, -0.1) is 0 Å². The number of fused-ring (bicyclic) bond motifs is 1. The molecule has 0 aliphatic heterocycles. The van der Waals surface area contributed by atoms with Gasteiger partial charge in [-0.1, -0.05) is 6.58 Å². The minimum atomic E-state index is -0.454. The molecule has 36 heavy (non-hydrogen) atoms. The van der Waals surface area contributed by atoms with Crippen molar-refractivity contribution in [2.24, 2.45) is 18.0 Å². The molecular weight excluding hydrogens is 461 g/mol. The average molecular weight is 498 g/mol. The maximum Gasteiger partial charge on any atom is 0.250 e. The van der Waals surface area contributed by atoms with Gasteiger partial charge in [0.25, 0.3) is 5.56 Å². The normalized spacial score (nSPS) is 18.8. The molecule has 194 valence electrons. The molecule has 3 rings (SSSR count). The van der Waals surface area contributed by atoms with E-state index >= 15 is 0 Å². The number of carbonyl (C=O) groups is 1. The van der Waals surface area contributed by atoms with E-state index < -0.39 is 5.82 Å². The first kappa shape index (κ1) is 27.3. The number of allylic oxidation sites excluding steroid dienone is 1. The number of halogens is 1. The lowest BCUT2D eigenvalue weighted by atomic mass is 9.86. The third kappa shape index (κ3) is 7.34. The second-order valence-corrected chi connectivity index (χ2v) is 9.55. The maximum absolute atomic E-state index is 14.6. The summed E-state index contributed by atoms with van der Waals surface area (Å²) in [6.45, 7) is 10.4. The number of hydrogen-bond acceptors (Lipinski definition) is 7. The molecule has 1 aliphatic carbocycles. The molecule has 2 aromatic rings. The summed E-state index contributed by atoms with van der Waals surface area (Å²) in [6.07, 6.45) is 6.89. The number of nitrogens with one attached hydrogen (secondary N) is 2. The number of carbonyl (C=O) groups excluding carboxylic acids is 1. The van der Waals surface area contributed by atoms with Crippen LogP contribution < -0.4 is 16.2 Å². The van der Waals surface area contributed by atoms with E-state index in [1.165, 1.54) is 23.8 Å². The summed E-state index contributed by atoms with van der Waals surface area (Å²) < 4.78 is 21.5. The highest BCUT2D eigenvalue weighted by Gasteiger charge is 2.22. The Morgan fingerprint density at radius 2 is 2.00 bits per heavy atom. The van der Waals surface area contributed by atoms with Crippen LogP contribution in [-0.2, 0) is 16.6 Å². The average Bonchev–Trinajstić information content (AvgIpc) is 2.84. The minimum Gasteiger partial charge on any atom is -0.484 e. The first-order chi connectivity index (χ1) is 17.2. The number of pyridine rings is 2. The lowest BCUT2D eigenvalue weighted by molar-refractivity contribution is -0.120. The Hall–Kier alpha value is -3.33. The highest BCUT2D eigenvalue weighted by Crippen LogP contribution is 2.27. The van der Waals surface area contributed by atoms with Crippen molar-refractivity contribution in [3.05, 3.63) is 58.6 Å². The van der Waals surface area contributed by atoms with Crippen molar-refractivity contribution in [1.29, 1.82) is 0 Å². The van der Waals surface area contributed by atoms with Crippen molar-refractivity contribution in [3.63, 3.8) is 0 Å². The monoisotopic (exact) mass is 497 g/mol. The van der Waals surface area contributed by atoms with Crippen LogP contribution in [0.25, 0.3) is 11.0 Å². The number of rotatable bonds is 11. The van der Waals surface area contributed by atoms with Crippen LogP contribution in [0.3, 0.4) is 0 Å². The van der Waals surface area contributed by atoms with Crippen molar-refractivity contribution >= 4 is 28.2 Å². The van der Waals surface area contributed by atoms with E-state index in [1.807, 2.05) is 13.8 Å². The first-order valence-electron chi connectivity index (χ1n) is 12.3. The standard InChI is InChI=1S/C27H36FN5O3/c1-17(2)24(36-16-19(4)34)15-29-18(3)12-30-21-8-6-20(7-9-21)13-32-26-22(28)14-31-23-10-11-25(35)33(5)27(23)26/h10-11,14-15,20-21,30H,1,6-9,12-13,16H2,2-5H3,(H,31,32)/b24-15+,29-18+/t20-,21-. The Morgan fingerprint density at radius 1 is 1.28 bits per heavy atom. The number of anilines is 1. The summed E-state index contributed by atoms with van der Waals surface area (Å²) in [6, 6.07) is 3.46. The predicted octanol–water partition coefficient (Wildman–Crippen LogP) is 4.12. The summed E-state index contributed by atoms with van der Waals surface area (Å²) >= 11 is 0. The number of aromatic nitrogens is 2. The molecular formula is C27H36FN5O3. The van der Waals surface area contributed by atoms with Gasteiger partial charge in [-0.05, 0) is 64.0 Å². The molecule has 1 aliphatic rings. The van der Waals surface area contributed by atoms with E-state index in [0.717, 1.165) is 37.0 Å². The van der Waals surface area contributed by atoms with E-state index in [2.05, 4.69) is 27.2 Å². The molecule has 0 spiro atoms. The van der Waals surface area contributed by atoms with Crippen LogP contribution in [0.1, 0.15) is 46.5 Å². The number of ether oxygens (including phenoxy) is 1. The summed E-state index contributed by atoms with van der Waals surface area (Å²) in [5.74, 6) is 0.418. The molecule has 0 amide bonds. The van der Waals surface area contributed by atoms with Gasteiger partial charge in [0.05, 0.1) is 29.1 Å². The number of Topliss-reactive ketones (excluding diaryl/α,β-unsaturated/α-hetero) is 1. The minimum absolute atomic E-state index is 0.00571. The van der Waals surface area contributed by atoms with Crippen LogP contribution in [-0.4, -0.2) is 46.8 Å². The summed E-state index contributed by atoms with van der Waals surface area (Å²) in [5.41, 5.74) is 2.84. The summed E-state index contributed by atoms with van der Waals surface area (Å²) in [7, 11) is 1.63. The Kier molecular flexibility index (Phi) is 9.52. The largest absolute Gasteiger partial charge is 0.484 e. The third-order valence-corrected chi connectivity index (χ3v) is 6.40. The third-order valence-electron chi connectivity index (χ3n) is 6.40. The fourth-order valence-corrected chi connectivity index (χ4v) is 4.27. The van der Waals surface area contributed by atoms with Crippen molar-refractivity contribution in [2.45, 2.75) is 52.5 Å². The van der Waals surface area contributed by atoms with Crippen LogP contribution in [0.4, 0.5) is 10.1 Å². The van der Waals surface area contributed by atoms with Crippen molar-refractivity contribution in [2.75, 3.05) is 25.0 Å². The lowest BCUT2D eigenvalue weighted by Gasteiger charge is -2.29. The highest BCUT2D eigenvalue weighted by molar-refractivity contribution is 5.88. The van der Waals surface area contributed by atoms with Crippen molar-refractivity contribution < 1.29 is 13.9 Å². The van der Waals surface area contributed by atoms with Crippen LogP contribution in [0, 0.1) is 11.7 Å². The maximum atomic E-state index is 14.6. The van der Waals surface area contributed by atoms with Gasteiger partial charge < -0.3 is 19.9 Å². The van der Waals surface area contributed by atoms with Gasteiger partial charge in [0.15, 0.2) is 11.6 Å². The zero-order valence-electron chi connectivity index (χ0n) is 21.6. The van der Waals surface area contributed by atoms with Crippen molar-refractivity contribution in [3.8, 4) is 0 Å². The Morgan fingerprint density at radius 3 is 2.67 bits per heavy atom. The molecule has 8 nitrogen and oxygen atoms in total. The number of hydrogen-bond donors (Lipinski definition) is 2. The van der Waals surface area contributed by atoms with Gasteiger partial charge >= 0.3 is 0 Å². The fraction of sp³-hybridized carbons (Fsp3) is 0.481. The zero-order valence-corrected chi connectivity index (χ0v) is 21.6. The SMILES string of the molecule is C=C(C)/C(=C\N=C(/C)CN[C@H]1CC[C@H](CNc2c(F)cnc3ccc(=O)n(C)c23)CC1)OCC(C)=O. The van der Waals surface area contributed by atoms with Crippen LogP contribution in [0.2, 0.25) is 0 Å². The van der Waals surface area contributed by atoms with Gasteiger partial charge in [0.2, 0.25) is 0 Å². The summed E-state index contributed by atoms with van der Waals surface area (Å²) in [5, 5.41) is 6.81. The first-order valence-corrected chi connectivity index (χ1v) is 12.3. The van der Waals surface area contributed by atoms with Gasteiger partial charge in [0.1, 0.15) is 12.4 Å². The molecule has 0 saturated heterocycles. The molecule has 0 unspecified atom stereocenters. The molecule has 0 bridgehead atoms. The molecule has 1 fully saturated rings. The Balaban J connectivity index is 1.50. The Bertz CT molecular complexity index is 1230. The molecule has 0 radical (unpaired) electrons. The predicted molar refractivity (Wildman–Crippen MR) is 142 cm³/mol. The second-order valence-electron chi connectivity index (χ2n) is 9.55. The number of ketones is 1. The zero-order chi connectivity index (χ0) is 26.2. The van der Waals surface area contributed by atoms with E-state index in [4.69, 9.17) is 4.74 Å². The number of aliphatic imine (C=N–C) groups is 1. The van der Waals surface area contributed by atoms with Crippen LogP contribution >= 0.6 is 0 Å². The molecule has 0 atom stereocenters.